The van der Waals surface area contributed by atoms with Crippen molar-refractivity contribution in [3.63, 3.8) is 0 Å². The zero-order valence-electron chi connectivity index (χ0n) is 20.0. The number of nitrogen functional groups attached to an aromatic ring is 1. The van der Waals surface area contributed by atoms with Crippen molar-refractivity contribution in [2.75, 3.05) is 21.7 Å². The van der Waals surface area contributed by atoms with Crippen molar-refractivity contribution in [3.05, 3.63) is 96.5 Å². The van der Waals surface area contributed by atoms with Crippen molar-refractivity contribution in [1.29, 1.82) is 0 Å². The number of benzene rings is 3. The third kappa shape index (κ3) is 5.40. The molecular formula is C28H24N6O3. The first kappa shape index (κ1) is 23.6. The molecule has 5 rings (SSSR count). The molecule has 0 aliphatic rings. The Balaban J connectivity index is 1.27. The van der Waals surface area contributed by atoms with E-state index in [1.807, 2.05) is 36.4 Å². The van der Waals surface area contributed by atoms with Gasteiger partial charge in [-0.25, -0.2) is 9.97 Å². The van der Waals surface area contributed by atoms with Gasteiger partial charge < -0.3 is 26.1 Å². The maximum absolute atomic E-state index is 12.9. The number of nitrogens with one attached hydrogen (secondary N) is 3. The third-order valence-electron chi connectivity index (χ3n) is 5.74. The van der Waals surface area contributed by atoms with Crippen LogP contribution in [0.5, 0.6) is 0 Å². The minimum Gasteiger partial charge on any atom is -0.464 e. The van der Waals surface area contributed by atoms with E-state index in [4.69, 9.17) is 10.2 Å². The van der Waals surface area contributed by atoms with Gasteiger partial charge in [0.25, 0.3) is 5.91 Å². The quantitative estimate of drug-likeness (QED) is 0.227. The molecule has 9 heteroatoms. The van der Waals surface area contributed by atoms with Gasteiger partial charge in [0.1, 0.15) is 17.9 Å². The number of nitrogens with zero attached hydrogens (tertiary/aromatic N) is 2. The van der Waals surface area contributed by atoms with Crippen LogP contribution in [0.3, 0.4) is 0 Å². The summed E-state index contributed by atoms with van der Waals surface area (Å²) in [5.74, 6) is 0.916. The second-order valence-electron chi connectivity index (χ2n) is 8.42. The van der Waals surface area contributed by atoms with Crippen LogP contribution >= 0.6 is 0 Å². The zero-order valence-corrected chi connectivity index (χ0v) is 20.0. The van der Waals surface area contributed by atoms with Crippen molar-refractivity contribution in [1.82, 2.24) is 9.97 Å². The summed E-state index contributed by atoms with van der Waals surface area (Å²) in [5.41, 5.74) is 10.8. The largest absolute Gasteiger partial charge is 0.464 e. The maximum atomic E-state index is 12.9. The standard InChI is InChI=1S/C28H24N6O3/c1-17(35)33-21-9-11-24-22(14-21)27(32-16-31-24)30-15-18-4-6-19(7-5-18)28(36)34-25-13-20(8-10-23(25)29)26-3-2-12-37-26/h2-14,16H,15,29H2,1H3,(H,33,35)(H,34,36)(H,30,31,32). The van der Waals surface area contributed by atoms with E-state index in [0.29, 0.717) is 40.7 Å². The van der Waals surface area contributed by atoms with Crippen molar-refractivity contribution < 1.29 is 14.0 Å². The predicted molar refractivity (Wildman–Crippen MR) is 144 cm³/mol. The summed E-state index contributed by atoms with van der Waals surface area (Å²) in [4.78, 5) is 32.9. The molecule has 184 valence electrons. The van der Waals surface area contributed by atoms with Crippen molar-refractivity contribution in [2.24, 2.45) is 0 Å². The molecule has 0 atom stereocenters. The summed E-state index contributed by atoms with van der Waals surface area (Å²) in [6.45, 7) is 1.94. The molecule has 2 aromatic heterocycles. The van der Waals surface area contributed by atoms with Gasteiger partial charge in [-0.2, -0.15) is 0 Å². The van der Waals surface area contributed by atoms with Crippen LogP contribution in [0.25, 0.3) is 22.2 Å². The number of furan rings is 1. The molecule has 0 spiro atoms. The second kappa shape index (κ2) is 10.2. The fraction of sp³-hybridized carbons (Fsp3) is 0.0714. The first-order valence-corrected chi connectivity index (χ1v) is 11.6. The first-order chi connectivity index (χ1) is 18.0. The number of fused-ring (bicyclic) bond motifs is 1. The summed E-state index contributed by atoms with van der Waals surface area (Å²) >= 11 is 0. The van der Waals surface area contributed by atoms with Crippen LogP contribution in [-0.4, -0.2) is 21.8 Å². The van der Waals surface area contributed by atoms with E-state index >= 15 is 0 Å². The van der Waals surface area contributed by atoms with Crippen LogP contribution in [0.15, 0.2) is 89.8 Å². The van der Waals surface area contributed by atoms with Crippen LogP contribution in [0, 0.1) is 0 Å². The number of anilines is 4. The molecule has 0 unspecified atom stereocenters. The van der Waals surface area contributed by atoms with Gasteiger partial charge in [-0.15, -0.1) is 0 Å². The van der Waals surface area contributed by atoms with E-state index in [1.165, 1.54) is 13.3 Å². The normalized spacial score (nSPS) is 10.7. The van der Waals surface area contributed by atoms with Gasteiger partial charge in [0.15, 0.2) is 0 Å². The summed E-state index contributed by atoms with van der Waals surface area (Å²) in [5, 5.41) is 9.75. The lowest BCUT2D eigenvalue weighted by Crippen LogP contribution is -2.13. The van der Waals surface area contributed by atoms with Gasteiger partial charge in [-0.05, 0) is 66.2 Å². The number of carbonyl (C=O) groups excluding carboxylic acids is 2. The second-order valence-corrected chi connectivity index (χ2v) is 8.42. The molecule has 0 bridgehead atoms. The zero-order chi connectivity index (χ0) is 25.8. The molecule has 2 heterocycles. The number of amides is 2. The van der Waals surface area contributed by atoms with Crippen LogP contribution < -0.4 is 21.7 Å². The average Bonchev–Trinajstić information content (AvgIpc) is 3.44. The number of nitrogens with two attached hydrogens (primary N) is 1. The molecule has 0 radical (unpaired) electrons. The monoisotopic (exact) mass is 492 g/mol. The van der Waals surface area contributed by atoms with Gasteiger partial charge in [0.2, 0.25) is 5.91 Å². The summed E-state index contributed by atoms with van der Waals surface area (Å²) in [6.07, 6.45) is 3.08. The minimum atomic E-state index is -0.268. The molecule has 5 aromatic rings. The number of rotatable bonds is 7. The highest BCUT2D eigenvalue weighted by Gasteiger charge is 2.11. The molecule has 2 amide bonds. The Labute approximate surface area is 212 Å². The molecular weight excluding hydrogens is 468 g/mol. The van der Waals surface area contributed by atoms with Crippen LogP contribution in [-0.2, 0) is 11.3 Å². The van der Waals surface area contributed by atoms with Crippen LogP contribution in [0.2, 0.25) is 0 Å². The molecule has 0 aliphatic heterocycles. The highest BCUT2D eigenvalue weighted by Crippen LogP contribution is 2.28. The summed E-state index contributed by atoms with van der Waals surface area (Å²) < 4.78 is 5.43. The third-order valence-corrected chi connectivity index (χ3v) is 5.74. The Morgan fingerprint density at radius 1 is 0.946 bits per heavy atom. The smallest absolute Gasteiger partial charge is 0.255 e. The SMILES string of the molecule is CC(=O)Nc1ccc2ncnc(NCc3ccc(C(=O)Nc4cc(-c5ccco5)ccc4N)cc3)c2c1. The van der Waals surface area contributed by atoms with Crippen molar-refractivity contribution >= 4 is 45.6 Å². The Bertz CT molecular complexity index is 1580. The Hall–Kier alpha value is -5.18. The Morgan fingerprint density at radius 2 is 1.78 bits per heavy atom. The lowest BCUT2D eigenvalue weighted by atomic mass is 10.1. The van der Waals surface area contributed by atoms with E-state index in [1.54, 1.807) is 42.7 Å². The molecule has 0 saturated heterocycles. The lowest BCUT2D eigenvalue weighted by molar-refractivity contribution is -0.114. The lowest BCUT2D eigenvalue weighted by Gasteiger charge is -2.11. The average molecular weight is 493 g/mol. The summed E-state index contributed by atoms with van der Waals surface area (Å²) in [6, 6.07) is 21.7. The van der Waals surface area contributed by atoms with Gasteiger partial charge in [-0.1, -0.05) is 12.1 Å². The highest BCUT2D eigenvalue weighted by molar-refractivity contribution is 6.06. The van der Waals surface area contributed by atoms with Gasteiger partial charge in [0.05, 0.1) is 23.2 Å². The van der Waals surface area contributed by atoms with Gasteiger partial charge in [-0.3, -0.25) is 9.59 Å². The molecule has 37 heavy (non-hydrogen) atoms. The van der Waals surface area contributed by atoms with Crippen molar-refractivity contribution in [2.45, 2.75) is 13.5 Å². The van der Waals surface area contributed by atoms with E-state index in [9.17, 15) is 9.59 Å². The molecule has 5 N–H and O–H groups in total. The van der Waals surface area contributed by atoms with Gasteiger partial charge in [0, 0.05) is 35.7 Å². The highest BCUT2D eigenvalue weighted by atomic mass is 16.3. The fourth-order valence-electron chi connectivity index (χ4n) is 3.89. The van der Waals surface area contributed by atoms with E-state index in [2.05, 4.69) is 25.9 Å². The minimum absolute atomic E-state index is 0.150. The molecule has 3 aromatic carbocycles. The first-order valence-electron chi connectivity index (χ1n) is 11.6. The fourth-order valence-corrected chi connectivity index (χ4v) is 3.89. The van der Waals surface area contributed by atoms with Crippen LogP contribution in [0.4, 0.5) is 22.9 Å². The number of aromatic nitrogens is 2. The van der Waals surface area contributed by atoms with Gasteiger partial charge >= 0.3 is 0 Å². The topological polar surface area (TPSA) is 135 Å². The molecule has 0 saturated carbocycles. The predicted octanol–water partition coefficient (Wildman–Crippen LogP) is 5.29. The Kier molecular flexibility index (Phi) is 6.50. The molecule has 0 aliphatic carbocycles. The van der Waals surface area contributed by atoms with E-state index in [0.717, 1.165) is 22.0 Å². The number of hydrogen-bond donors (Lipinski definition) is 4. The van der Waals surface area contributed by atoms with E-state index in [-0.39, 0.29) is 11.8 Å². The molecule has 9 nitrogen and oxygen atoms in total. The van der Waals surface area contributed by atoms with Crippen molar-refractivity contribution in [3.8, 4) is 11.3 Å². The Morgan fingerprint density at radius 3 is 2.54 bits per heavy atom. The van der Waals surface area contributed by atoms with E-state index < -0.39 is 0 Å². The maximum Gasteiger partial charge on any atom is 0.255 e. The molecule has 0 fully saturated rings. The van der Waals surface area contributed by atoms with Crippen LogP contribution in [0.1, 0.15) is 22.8 Å². The summed E-state index contributed by atoms with van der Waals surface area (Å²) in [7, 11) is 0. The number of carbonyl (C=O) groups is 2. The number of hydrogen-bond acceptors (Lipinski definition) is 7.